The van der Waals surface area contributed by atoms with Gasteiger partial charge >= 0.3 is 0 Å². The van der Waals surface area contributed by atoms with Crippen LogP contribution in [-0.4, -0.2) is 0 Å². The highest BCUT2D eigenvalue weighted by Crippen LogP contribution is 2.58. The van der Waals surface area contributed by atoms with E-state index < -0.39 is 0 Å². The second kappa shape index (κ2) is 12.1. The van der Waals surface area contributed by atoms with E-state index in [0.717, 1.165) is 19.3 Å². The molecule has 3 aromatic rings. The monoisotopic (exact) mass is 558 g/mol. The van der Waals surface area contributed by atoms with Gasteiger partial charge in [0.1, 0.15) is 0 Å². The number of hydrogen-bond donors (Lipinski definition) is 0. The number of hydrogen-bond acceptors (Lipinski definition) is 0. The topological polar surface area (TPSA) is 0 Å². The predicted octanol–water partition coefficient (Wildman–Crippen LogP) is 11.6. The van der Waals surface area contributed by atoms with Gasteiger partial charge in [-0.1, -0.05) is 172 Å². The van der Waals surface area contributed by atoms with Gasteiger partial charge in [-0.2, -0.15) is 0 Å². The minimum absolute atomic E-state index is 0.210. The van der Waals surface area contributed by atoms with Gasteiger partial charge in [0.25, 0.3) is 0 Å². The highest BCUT2D eigenvalue weighted by Gasteiger charge is 2.46. The lowest BCUT2D eigenvalue weighted by atomic mass is 9.61. The number of fused-ring (bicyclic) bond motifs is 1. The van der Waals surface area contributed by atoms with E-state index in [1.807, 2.05) is 0 Å². The number of rotatable bonds is 8. The van der Waals surface area contributed by atoms with E-state index >= 15 is 0 Å². The zero-order valence-electron chi connectivity index (χ0n) is 25.8. The second-order valence-corrected chi connectivity index (χ2v) is 12.5. The van der Waals surface area contributed by atoms with E-state index in [2.05, 4.69) is 155 Å². The summed E-state index contributed by atoms with van der Waals surface area (Å²) in [6.45, 7) is 16.3. The van der Waals surface area contributed by atoms with Crippen LogP contribution >= 0.6 is 0 Å². The molecule has 43 heavy (non-hydrogen) atoms. The maximum Gasteiger partial charge on any atom is 0.0218 e. The second-order valence-electron chi connectivity index (χ2n) is 12.5. The van der Waals surface area contributed by atoms with Crippen molar-refractivity contribution in [1.29, 1.82) is 0 Å². The van der Waals surface area contributed by atoms with Crippen LogP contribution in [0, 0.1) is 11.3 Å². The largest absolute Gasteiger partial charge is 0.0955 e. The predicted molar refractivity (Wildman–Crippen MR) is 185 cm³/mol. The number of benzene rings is 3. The molecule has 0 N–H and O–H groups in total. The molecule has 6 rings (SSSR count). The molecule has 214 valence electrons. The van der Waals surface area contributed by atoms with Gasteiger partial charge in [-0.05, 0) is 69.9 Å². The Kier molecular flexibility index (Phi) is 8.04. The highest BCUT2D eigenvalue weighted by atomic mass is 14.5. The van der Waals surface area contributed by atoms with Gasteiger partial charge in [0, 0.05) is 17.3 Å². The van der Waals surface area contributed by atoms with Crippen molar-refractivity contribution in [1.82, 2.24) is 0 Å². The molecular weight excluding hydrogens is 516 g/mol. The van der Waals surface area contributed by atoms with Crippen molar-refractivity contribution >= 4 is 11.6 Å². The molecule has 0 spiro atoms. The fraction of sp³-hybridized carbons (Fsp3) is 0.209. The Morgan fingerprint density at radius 2 is 1.56 bits per heavy atom. The lowest BCUT2D eigenvalue weighted by Crippen LogP contribution is -2.32. The summed E-state index contributed by atoms with van der Waals surface area (Å²) in [6.07, 6.45) is 17.5. The van der Waals surface area contributed by atoms with Crippen LogP contribution in [0.15, 0.2) is 174 Å². The Morgan fingerprint density at radius 3 is 2.23 bits per heavy atom. The molecule has 3 aromatic carbocycles. The molecule has 0 aliphatic heterocycles. The average molecular weight is 559 g/mol. The first-order valence-corrected chi connectivity index (χ1v) is 15.7. The summed E-state index contributed by atoms with van der Waals surface area (Å²) >= 11 is 0. The van der Waals surface area contributed by atoms with Crippen molar-refractivity contribution in [2.75, 3.05) is 0 Å². The van der Waals surface area contributed by atoms with Crippen LogP contribution in [0.3, 0.4) is 0 Å². The van der Waals surface area contributed by atoms with Crippen LogP contribution in [0.5, 0.6) is 0 Å². The van der Waals surface area contributed by atoms with Gasteiger partial charge in [0.2, 0.25) is 0 Å². The quantitative estimate of drug-likeness (QED) is 0.258. The van der Waals surface area contributed by atoms with Gasteiger partial charge < -0.3 is 0 Å². The Hall–Kier alpha value is -4.42. The van der Waals surface area contributed by atoms with Crippen molar-refractivity contribution in [3.8, 4) is 0 Å². The number of allylic oxidation sites excluding steroid dienone is 13. The molecular formula is C43H42. The third-order valence-corrected chi connectivity index (χ3v) is 9.40. The van der Waals surface area contributed by atoms with Crippen molar-refractivity contribution < 1.29 is 0 Å². The SMILES string of the molecule is C=C(CCC)C1=C(C)C=C2CC(=CC3=CC(c4ccccc4)C=C3c3ccccc3)C(=C)C2[C@]1(C)C=Cc1ccccc1. The third kappa shape index (κ3) is 5.55. The molecule has 0 heterocycles. The van der Waals surface area contributed by atoms with Crippen molar-refractivity contribution in [2.24, 2.45) is 11.3 Å². The van der Waals surface area contributed by atoms with E-state index in [1.165, 1.54) is 61.3 Å². The third-order valence-electron chi connectivity index (χ3n) is 9.40. The van der Waals surface area contributed by atoms with Crippen LogP contribution in [0.2, 0.25) is 0 Å². The van der Waals surface area contributed by atoms with Crippen molar-refractivity contribution in [3.05, 3.63) is 190 Å². The van der Waals surface area contributed by atoms with Gasteiger partial charge in [0.05, 0.1) is 0 Å². The summed E-state index contributed by atoms with van der Waals surface area (Å²) in [5.41, 5.74) is 14.2. The lowest BCUT2D eigenvalue weighted by molar-refractivity contribution is 0.407. The molecule has 0 radical (unpaired) electrons. The van der Waals surface area contributed by atoms with Crippen molar-refractivity contribution in [3.63, 3.8) is 0 Å². The molecule has 3 atom stereocenters. The Bertz CT molecular complexity index is 1720. The van der Waals surface area contributed by atoms with Gasteiger partial charge in [-0.25, -0.2) is 0 Å². The lowest BCUT2D eigenvalue weighted by Gasteiger charge is -2.42. The van der Waals surface area contributed by atoms with Gasteiger partial charge in [-0.15, -0.1) is 0 Å². The molecule has 0 saturated heterocycles. The van der Waals surface area contributed by atoms with E-state index in [9.17, 15) is 0 Å². The first-order chi connectivity index (χ1) is 20.9. The molecule has 0 nitrogen and oxygen atoms in total. The molecule has 3 aliphatic carbocycles. The van der Waals surface area contributed by atoms with Crippen LogP contribution < -0.4 is 0 Å². The molecule has 0 aromatic heterocycles. The van der Waals surface area contributed by atoms with Crippen LogP contribution in [0.1, 0.15) is 62.6 Å². The van der Waals surface area contributed by atoms with Crippen LogP contribution in [0.4, 0.5) is 0 Å². The van der Waals surface area contributed by atoms with Crippen LogP contribution in [0.25, 0.3) is 11.6 Å². The molecule has 1 saturated carbocycles. The summed E-state index contributed by atoms with van der Waals surface area (Å²) < 4.78 is 0. The summed E-state index contributed by atoms with van der Waals surface area (Å²) in [5, 5.41) is 0. The molecule has 0 bridgehead atoms. The smallest absolute Gasteiger partial charge is 0.0218 e. The summed E-state index contributed by atoms with van der Waals surface area (Å²) in [6, 6.07) is 32.3. The van der Waals surface area contributed by atoms with E-state index in [1.54, 1.807) is 0 Å². The molecule has 0 heteroatoms. The molecule has 3 aliphatic rings. The van der Waals surface area contributed by atoms with Crippen LogP contribution in [-0.2, 0) is 0 Å². The molecule has 0 amide bonds. The first kappa shape index (κ1) is 28.7. The average Bonchev–Trinajstić information content (AvgIpc) is 3.58. The van der Waals surface area contributed by atoms with E-state index in [4.69, 9.17) is 6.58 Å². The normalized spacial score (nSPS) is 24.3. The zero-order chi connectivity index (χ0) is 30.0. The highest BCUT2D eigenvalue weighted by molar-refractivity contribution is 5.86. The van der Waals surface area contributed by atoms with Crippen molar-refractivity contribution in [2.45, 2.75) is 46.0 Å². The summed E-state index contributed by atoms with van der Waals surface area (Å²) in [7, 11) is 0. The van der Waals surface area contributed by atoms with Gasteiger partial charge in [0.15, 0.2) is 0 Å². The zero-order valence-corrected chi connectivity index (χ0v) is 25.8. The Labute approximate surface area is 258 Å². The minimum atomic E-state index is -0.225. The minimum Gasteiger partial charge on any atom is -0.0955 e. The Morgan fingerprint density at radius 1 is 0.907 bits per heavy atom. The fourth-order valence-electron chi connectivity index (χ4n) is 7.56. The Balaban J connectivity index is 1.42. The maximum atomic E-state index is 4.81. The van der Waals surface area contributed by atoms with E-state index in [-0.39, 0.29) is 17.3 Å². The summed E-state index contributed by atoms with van der Waals surface area (Å²) in [5.74, 6) is 0.466. The van der Waals surface area contributed by atoms with Gasteiger partial charge in [-0.3, -0.25) is 0 Å². The first-order valence-electron chi connectivity index (χ1n) is 15.7. The molecule has 2 unspecified atom stereocenters. The fourth-order valence-corrected chi connectivity index (χ4v) is 7.56. The maximum absolute atomic E-state index is 4.81. The van der Waals surface area contributed by atoms with E-state index in [0.29, 0.717) is 0 Å². The summed E-state index contributed by atoms with van der Waals surface area (Å²) in [4.78, 5) is 0. The standard InChI is InChI=1S/C43H42/c1-6-16-30(2)41-31(3)25-39-27-36(32(4)42(39)43(41,5)24-23-33-17-10-7-11-18-33)26-38-28-37(34-19-12-8-13-20-34)29-40(38)35-21-14-9-15-22-35/h7-15,17-26,28-29,37,42H,2,4,6,16,27H2,1,3,5H3/t37?,42?,43-/m1/s1. The molecule has 1 fully saturated rings.